The molecule has 1 fully saturated rings. The van der Waals surface area contributed by atoms with Crippen molar-refractivity contribution in [2.24, 2.45) is 5.92 Å². The molecular weight excluding hydrogens is 546 g/mol. The van der Waals surface area contributed by atoms with E-state index in [9.17, 15) is 23.4 Å². The van der Waals surface area contributed by atoms with E-state index in [-0.39, 0.29) is 42.3 Å². The Morgan fingerprint density at radius 2 is 2.00 bits per heavy atom. The molecular formula is C30H39N3O7S. The number of sulfonamides is 1. The normalized spacial score (nSPS) is 22.1. The third-order valence-corrected chi connectivity index (χ3v) is 9.68. The maximum atomic E-state index is 13.7. The minimum absolute atomic E-state index is 0.0386. The zero-order valence-electron chi connectivity index (χ0n) is 24.0. The molecule has 2 aromatic carbocycles. The summed E-state index contributed by atoms with van der Waals surface area (Å²) in [6.45, 7) is 3.41. The lowest BCUT2D eigenvalue weighted by Gasteiger charge is -2.37. The second-order valence-electron chi connectivity index (χ2n) is 10.9. The highest BCUT2D eigenvalue weighted by molar-refractivity contribution is 7.89. The van der Waals surface area contributed by atoms with Crippen LogP contribution in [0.5, 0.6) is 11.5 Å². The number of benzene rings is 2. The quantitative estimate of drug-likeness (QED) is 0.444. The number of anilines is 1. The van der Waals surface area contributed by atoms with Crippen molar-refractivity contribution in [2.45, 2.75) is 62.2 Å². The molecule has 1 aliphatic carbocycles. The molecule has 3 atom stereocenters. The van der Waals surface area contributed by atoms with Gasteiger partial charge in [-0.25, -0.2) is 13.2 Å². The van der Waals surface area contributed by atoms with E-state index in [0.717, 1.165) is 12.8 Å². The van der Waals surface area contributed by atoms with Crippen LogP contribution in [0.4, 0.5) is 10.5 Å². The summed E-state index contributed by atoms with van der Waals surface area (Å²) in [7, 11) is -0.828. The van der Waals surface area contributed by atoms with Gasteiger partial charge < -0.3 is 29.9 Å². The Morgan fingerprint density at radius 1 is 1.27 bits per heavy atom. The SMILES string of the molecule is COc1cccc(NC(=O)N(C)C[C@@H]2Oc3cc(C#CC4(O)CCCC4)ccc3S(=O)(=O)N([C@@H](C)CO)C[C@H]2C)c1. The van der Waals surface area contributed by atoms with Gasteiger partial charge >= 0.3 is 6.03 Å². The van der Waals surface area contributed by atoms with Crippen LogP contribution in [0, 0.1) is 17.8 Å². The van der Waals surface area contributed by atoms with E-state index in [1.807, 2.05) is 6.92 Å². The Morgan fingerprint density at radius 3 is 2.68 bits per heavy atom. The molecule has 0 aromatic heterocycles. The highest BCUT2D eigenvalue weighted by Crippen LogP contribution is 2.35. The molecule has 2 amide bonds. The van der Waals surface area contributed by atoms with Gasteiger partial charge in [-0.15, -0.1) is 0 Å². The van der Waals surface area contributed by atoms with Crippen molar-refractivity contribution in [3.05, 3.63) is 48.0 Å². The van der Waals surface area contributed by atoms with Crippen molar-refractivity contribution < 1.29 is 32.9 Å². The van der Waals surface area contributed by atoms with Gasteiger partial charge in [0.25, 0.3) is 0 Å². The molecule has 1 heterocycles. The van der Waals surface area contributed by atoms with Crippen molar-refractivity contribution in [1.29, 1.82) is 0 Å². The Kier molecular flexibility index (Phi) is 9.49. The maximum absolute atomic E-state index is 13.7. The van der Waals surface area contributed by atoms with Gasteiger partial charge in [-0.3, -0.25) is 0 Å². The molecule has 41 heavy (non-hydrogen) atoms. The summed E-state index contributed by atoms with van der Waals surface area (Å²) in [5, 5.41) is 23.4. The van der Waals surface area contributed by atoms with E-state index in [2.05, 4.69) is 17.2 Å². The number of nitrogens with one attached hydrogen (secondary N) is 1. The number of rotatable bonds is 6. The number of ether oxygens (including phenoxy) is 2. The number of carbonyl (C=O) groups excluding carboxylic acids is 1. The van der Waals surface area contributed by atoms with E-state index < -0.39 is 27.8 Å². The Balaban J connectivity index is 1.64. The Labute approximate surface area is 242 Å². The van der Waals surface area contributed by atoms with Crippen LogP contribution < -0.4 is 14.8 Å². The minimum Gasteiger partial charge on any atom is -0.497 e. The number of aliphatic hydroxyl groups is 2. The fourth-order valence-corrected chi connectivity index (χ4v) is 6.89. The van der Waals surface area contributed by atoms with Gasteiger partial charge in [-0.2, -0.15) is 4.31 Å². The van der Waals surface area contributed by atoms with E-state index in [4.69, 9.17) is 9.47 Å². The first-order chi connectivity index (χ1) is 19.5. The average molecular weight is 586 g/mol. The van der Waals surface area contributed by atoms with Crippen LogP contribution in [0.1, 0.15) is 45.1 Å². The van der Waals surface area contributed by atoms with Crippen LogP contribution in [-0.2, 0) is 10.0 Å². The van der Waals surface area contributed by atoms with E-state index in [0.29, 0.717) is 29.8 Å². The number of amides is 2. The van der Waals surface area contributed by atoms with Crippen molar-refractivity contribution in [1.82, 2.24) is 9.21 Å². The number of urea groups is 1. The third kappa shape index (κ3) is 7.13. The van der Waals surface area contributed by atoms with Gasteiger partial charge in [0.1, 0.15) is 28.1 Å². The molecule has 1 aliphatic heterocycles. The topological polar surface area (TPSA) is 129 Å². The van der Waals surface area contributed by atoms with Gasteiger partial charge in [0.15, 0.2) is 0 Å². The fraction of sp³-hybridized carbons (Fsp3) is 0.500. The Bertz CT molecular complexity index is 1410. The van der Waals surface area contributed by atoms with Crippen LogP contribution >= 0.6 is 0 Å². The molecule has 0 radical (unpaired) electrons. The molecule has 222 valence electrons. The summed E-state index contributed by atoms with van der Waals surface area (Å²) in [6, 6.07) is 10.6. The van der Waals surface area contributed by atoms with Crippen molar-refractivity contribution in [3.8, 4) is 23.3 Å². The van der Waals surface area contributed by atoms with Crippen LogP contribution in [0.15, 0.2) is 47.4 Å². The van der Waals surface area contributed by atoms with Crippen LogP contribution in [0.25, 0.3) is 0 Å². The van der Waals surface area contributed by atoms with Gasteiger partial charge in [-0.05, 0) is 62.9 Å². The van der Waals surface area contributed by atoms with Crippen molar-refractivity contribution in [2.75, 3.05) is 39.2 Å². The van der Waals surface area contributed by atoms with Crippen molar-refractivity contribution in [3.63, 3.8) is 0 Å². The summed E-state index contributed by atoms with van der Waals surface area (Å²) in [5.41, 5.74) is 0.0389. The molecule has 11 heteroatoms. The highest BCUT2D eigenvalue weighted by Gasteiger charge is 2.38. The second kappa shape index (κ2) is 12.7. The number of aliphatic hydroxyl groups excluding tert-OH is 1. The zero-order valence-corrected chi connectivity index (χ0v) is 24.8. The average Bonchev–Trinajstić information content (AvgIpc) is 3.39. The summed E-state index contributed by atoms with van der Waals surface area (Å²) in [6.07, 6.45) is 2.45. The predicted molar refractivity (Wildman–Crippen MR) is 155 cm³/mol. The van der Waals surface area contributed by atoms with Crippen LogP contribution in [0.3, 0.4) is 0 Å². The standard InChI is InChI=1S/C30H39N3O7S/c1-21-18-33(22(2)20-34)41(37,38)28-11-10-23(12-15-30(36)13-5-6-14-30)16-26(28)40-27(21)19-32(3)29(35)31-24-8-7-9-25(17-24)39-4/h7-11,16-17,21-22,27,34,36H,5-6,13-14,18-20H2,1-4H3,(H,31,35)/t21-,22+,27+/m1/s1. The smallest absolute Gasteiger partial charge is 0.321 e. The fourth-order valence-electron chi connectivity index (χ4n) is 5.07. The number of carbonyl (C=O) groups is 1. The molecule has 4 rings (SSSR count). The summed E-state index contributed by atoms with van der Waals surface area (Å²) < 4.78 is 40.3. The largest absolute Gasteiger partial charge is 0.497 e. The molecule has 2 aromatic rings. The summed E-state index contributed by atoms with van der Waals surface area (Å²) in [4.78, 5) is 14.5. The molecule has 3 N–H and O–H groups in total. The predicted octanol–water partition coefficient (Wildman–Crippen LogP) is 3.28. The van der Waals surface area contributed by atoms with Crippen LogP contribution in [0.2, 0.25) is 0 Å². The first kappa shape index (κ1) is 30.7. The first-order valence-corrected chi connectivity index (χ1v) is 15.2. The number of likely N-dealkylation sites (N-methyl/N-ethyl adjacent to an activating group) is 1. The van der Waals surface area contributed by atoms with Gasteiger partial charge in [-0.1, -0.05) is 24.8 Å². The number of hydrogen-bond donors (Lipinski definition) is 3. The lowest BCUT2D eigenvalue weighted by Crippen LogP contribution is -2.50. The minimum atomic E-state index is -4.02. The molecule has 10 nitrogen and oxygen atoms in total. The molecule has 2 aliphatic rings. The van der Waals surface area contributed by atoms with Gasteiger partial charge in [0.2, 0.25) is 10.0 Å². The number of methoxy groups -OCH3 is 1. The van der Waals surface area contributed by atoms with Gasteiger partial charge in [0, 0.05) is 42.9 Å². The van der Waals surface area contributed by atoms with Crippen molar-refractivity contribution >= 4 is 21.7 Å². The lowest BCUT2D eigenvalue weighted by molar-refractivity contribution is 0.0830. The molecule has 1 saturated carbocycles. The summed E-state index contributed by atoms with van der Waals surface area (Å²) in [5.74, 6) is 6.33. The first-order valence-electron chi connectivity index (χ1n) is 13.8. The number of hydrogen-bond acceptors (Lipinski definition) is 7. The lowest BCUT2D eigenvalue weighted by atomic mass is 10.0. The highest BCUT2D eigenvalue weighted by atomic mass is 32.2. The second-order valence-corrected chi connectivity index (χ2v) is 12.8. The number of fused-ring (bicyclic) bond motifs is 1. The summed E-state index contributed by atoms with van der Waals surface area (Å²) >= 11 is 0. The zero-order chi connectivity index (χ0) is 29.8. The van der Waals surface area contributed by atoms with E-state index in [1.54, 1.807) is 57.5 Å². The molecule has 0 saturated heterocycles. The monoisotopic (exact) mass is 585 g/mol. The van der Waals surface area contributed by atoms with Crippen LogP contribution in [-0.4, -0.2) is 85.5 Å². The molecule has 0 bridgehead atoms. The van der Waals surface area contributed by atoms with E-state index >= 15 is 0 Å². The molecule has 0 unspecified atom stereocenters. The number of nitrogens with zero attached hydrogens (tertiary/aromatic N) is 2. The third-order valence-electron chi connectivity index (χ3n) is 7.66. The van der Waals surface area contributed by atoms with Gasteiger partial charge in [0.05, 0.1) is 20.3 Å². The maximum Gasteiger partial charge on any atom is 0.321 e. The molecule has 0 spiro atoms. The Hall–Kier alpha value is -3.30. The van der Waals surface area contributed by atoms with E-state index in [1.165, 1.54) is 15.3 Å².